The van der Waals surface area contributed by atoms with Crippen molar-refractivity contribution in [3.8, 4) is 0 Å². The van der Waals surface area contributed by atoms with Crippen LogP contribution in [0, 0.1) is 0 Å². The molecule has 6 heteroatoms. The van der Waals surface area contributed by atoms with Crippen LogP contribution in [0.3, 0.4) is 0 Å². The molecule has 120 valence electrons. The lowest BCUT2D eigenvalue weighted by atomic mass is 10.2. The summed E-state index contributed by atoms with van der Waals surface area (Å²) >= 11 is 18.3. The standard InChI is InChI=1S/C18H10Cl3NO2/c19-12(9-11-5-2-1-3-6-11)10-15-18(23)24-17(22-15)13-7-4-8-14(20)16(13)21/h1-10H. The first-order valence-electron chi connectivity index (χ1n) is 6.94. The van der Waals surface area contributed by atoms with Crippen LogP contribution in [-0.2, 0) is 9.53 Å². The van der Waals surface area contributed by atoms with E-state index in [2.05, 4.69) is 4.99 Å². The topological polar surface area (TPSA) is 38.7 Å². The predicted octanol–water partition coefficient (Wildman–Crippen LogP) is 5.46. The molecule has 24 heavy (non-hydrogen) atoms. The molecule has 0 amide bonds. The third-order valence-corrected chi connectivity index (χ3v) is 4.22. The van der Waals surface area contributed by atoms with Crippen LogP contribution in [-0.4, -0.2) is 11.9 Å². The molecular formula is C18H10Cl3NO2. The highest BCUT2D eigenvalue weighted by Crippen LogP contribution is 2.29. The number of allylic oxidation sites excluding steroid dienone is 2. The minimum Gasteiger partial charge on any atom is -0.402 e. The number of halogens is 3. The van der Waals surface area contributed by atoms with Crippen LogP contribution in [0.1, 0.15) is 11.1 Å². The van der Waals surface area contributed by atoms with E-state index in [1.54, 1.807) is 24.3 Å². The molecule has 0 unspecified atom stereocenters. The van der Waals surface area contributed by atoms with Gasteiger partial charge in [-0.2, -0.15) is 0 Å². The van der Waals surface area contributed by atoms with Crippen LogP contribution in [0.25, 0.3) is 6.08 Å². The van der Waals surface area contributed by atoms with Gasteiger partial charge in [0.05, 0.1) is 15.6 Å². The lowest BCUT2D eigenvalue weighted by molar-refractivity contribution is -0.130. The van der Waals surface area contributed by atoms with Crippen LogP contribution in [0.4, 0.5) is 0 Å². The van der Waals surface area contributed by atoms with Gasteiger partial charge < -0.3 is 4.74 Å². The second-order valence-corrected chi connectivity index (χ2v) is 6.10. The van der Waals surface area contributed by atoms with Gasteiger partial charge in [-0.3, -0.25) is 0 Å². The number of hydrogen-bond donors (Lipinski definition) is 0. The molecule has 0 radical (unpaired) electrons. The maximum absolute atomic E-state index is 12.0. The number of esters is 1. The monoisotopic (exact) mass is 377 g/mol. The molecule has 1 heterocycles. The van der Waals surface area contributed by atoms with Crippen LogP contribution >= 0.6 is 34.8 Å². The number of hydrogen-bond acceptors (Lipinski definition) is 3. The predicted molar refractivity (Wildman–Crippen MR) is 97.4 cm³/mol. The van der Waals surface area contributed by atoms with Crippen molar-refractivity contribution < 1.29 is 9.53 Å². The molecule has 0 aromatic heterocycles. The summed E-state index contributed by atoms with van der Waals surface area (Å²) in [4.78, 5) is 16.1. The van der Waals surface area contributed by atoms with Crippen molar-refractivity contribution in [2.45, 2.75) is 0 Å². The first-order valence-corrected chi connectivity index (χ1v) is 8.07. The van der Waals surface area contributed by atoms with Crippen LogP contribution < -0.4 is 0 Å². The number of benzene rings is 2. The van der Waals surface area contributed by atoms with Gasteiger partial charge in [-0.05, 0) is 29.8 Å². The number of ether oxygens (including phenoxy) is 1. The Morgan fingerprint density at radius 1 is 1.04 bits per heavy atom. The van der Waals surface area contributed by atoms with Crippen molar-refractivity contribution in [1.82, 2.24) is 0 Å². The van der Waals surface area contributed by atoms with Crippen molar-refractivity contribution in [2.75, 3.05) is 0 Å². The van der Waals surface area contributed by atoms with Gasteiger partial charge in [0.15, 0.2) is 5.70 Å². The van der Waals surface area contributed by atoms with E-state index in [0.29, 0.717) is 15.6 Å². The summed E-state index contributed by atoms with van der Waals surface area (Å²) in [5.74, 6) is -0.497. The average Bonchev–Trinajstić information content (AvgIpc) is 2.91. The van der Waals surface area contributed by atoms with Gasteiger partial charge in [-0.1, -0.05) is 71.2 Å². The fourth-order valence-electron chi connectivity index (χ4n) is 2.07. The molecule has 2 aromatic carbocycles. The van der Waals surface area contributed by atoms with E-state index in [1.165, 1.54) is 6.08 Å². The van der Waals surface area contributed by atoms with E-state index in [9.17, 15) is 4.79 Å². The fourth-order valence-corrected chi connectivity index (χ4v) is 2.68. The van der Waals surface area contributed by atoms with E-state index in [4.69, 9.17) is 39.5 Å². The summed E-state index contributed by atoms with van der Waals surface area (Å²) in [6.45, 7) is 0. The molecular weight excluding hydrogens is 369 g/mol. The molecule has 0 bridgehead atoms. The van der Waals surface area contributed by atoms with Gasteiger partial charge in [0.1, 0.15) is 0 Å². The van der Waals surface area contributed by atoms with Gasteiger partial charge in [-0.15, -0.1) is 0 Å². The Morgan fingerprint density at radius 2 is 1.79 bits per heavy atom. The van der Waals surface area contributed by atoms with Gasteiger partial charge >= 0.3 is 5.97 Å². The molecule has 0 saturated carbocycles. The molecule has 0 atom stereocenters. The second-order valence-electron chi connectivity index (χ2n) is 4.88. The minimum absolute atomic E-state index is 0.0956. The van der Waals surface area contributed by atoms with Crippen molar-refractivity contribution in [1.29, 1.82) is 0 Å². The number of aliphatic imine (C=N–C) groups is 1. The number of cyclic esters (lactones) is 1. The Kier molecular flexibility index (Phi) is 5.05. The first-order chi connectivity index (χ1) is 11.5. The quantitative estimate of drug-likeness (QED) is 0.525. The summed E-state index contributed by atoms with van der Waals surface area (Å²) in [6, 6.07) is 14.5. The summed E-state index contributed by atoms with van der Waals surface area (Å²) < 4.78 is 5.16. The molecule has 2 aromatic rings. The Bertz CT molecular complexity index is 886. The Labute approximate surface area is 153 Å². The molecule has 3 rings (SSSR count). The maximum Gasteiger partial charge on any atom is 0.363 e. The molecule has 0 spiro atoms. The maximum atomic E-state index is 12.0. The summed E-state index contributed by atoms with van der Waals surface area (Å²) in [5.41, 5.74) is 1.45. The zero-order chi connectivity index (χ0) is 17.1. The number of carbonyl (C=O) groups is 1. The number of rotatable bonds is 3. The van der Waals surface area contributed by atoms with Gasteiger partial charge in [0.25, 0.3) is 0 Å². The normalized spacial score (nSPS) is 16.3. The molecule has 3 nitrogen and oxygen atoms in total. The Morgan fingerprint density at radius 3 is 2.54 bits per heavy atom. The van der Waals surface area contributed by atoms with Crippen LogP contribution in [0.15, 0.2) is 70.3 Å². The zero-order valence-electron chi connectivity index (χ0n) is 12.2. The van der Waals surface area contributed by atoms with Gasteiger partial charge in [-0.25, -0.2) is 9.79 Å². The van der Waals surface area contributed by atoms with Crippen molar-refractivity contribution in [3.05, 3.63) is 86.5 Å². The minimum atomic E-state index is -0.597. The largest absolute Gasteiger partial charge is 0.402 e. The van der Waals surface area contributed by atoms with Crippen molar-refractivity contribution >= 4 is 52.7 Å². The van der Waals surface area contributed by atoms with Gasteiger partial charge in [0, 0.05) is 5.03 Å². The van der Waals surface area contributed by atoms with Crippen molar-refractivity contribution in [3.63, 3.8) is 0 Å². The highest BCUT2D eigenvalue weighted by atomic mass is 35.5. The SMILES string of the molecule is O=C1OC(c2cccc(Cl)c2Cl)=NC1=CC(Cl)=Cc1ccccc1. The van der Waals surface area contributed by atoms with E-state index in [0.717, 1.165) is 5.56 Å². The van der Waals surface area contributed by atoms with Gasteiger partial charge in [0.2, 0.25) is 5.90 Å². The third-order valence-electron chi connectivity index (χ3n) is 3.18. The van der Waals surface area contributed by atoms with E-state index >= 15 is 0 Å². The van der Waals surface area contributed by atoms with Crippen molar-refractivity contribution in [2.24, 2.45) is 4.99 Å². The first kappa shape index (κ1) is 16.8. The lowest BCUT2D eigenvalue weighted by Gasteiger charge is -2.03. The zero-order valence-corrected chi connectivity index (χ0v) is 14.4. The van der Waals surface area contributed by atoms with Crippen LogP contribution in [0.2, 0.25) is 10.0 Å². The molecule has 0 N–H and O–H groups in total. The lowest BCUT2D eigenvalue weighted by Crippen LogP contribution is -2.06. The number of carbonyl (C=O) groups excluding carboxylic acids is 1. The summed E-state index contributed by atoms with van der Waals surface area (Å²) in [7, 11) is 0. The molecule has 0 saturated heterocycles. The highest BCUT2D eigenvalue weighted by Gasteiger charge is 2.26. The van der Waals surface area contributed by atoms with E-state index in [1.807, 2.05) is 30.3 Å². The van der Waals surface area contributed by atoms with Crippen LogP contribution in [0.5, 0.6) is 0 Å². The Hall–Kier alpha value is -2.07. The number of nitrogens with zero attached hydrogens (tertiary/aromatic N) is 1. The third kappa shape index (κ3) is 3.70. The second kappa shape index (κ2) is 7.22. The van der Waals surface area contributed by atoms with E-state index in [-0.39, 0.29) is 16.6 Å². The smallest absolute Gasteiger partial charge is 0.363 e. The highest BCUT2D eigenvalue weighted by molar-refractivity contribution is 6.44. The van der Waals surface area contributed by atoms with E-state index < -0.39 is 5.97 Å². The molecule has 0 aliphatic carbocycles. The Balaban J connectivity index is 1.92. The fraction of sp³-hybridized carbons (Fsp3) is 0. The molecule has 1 aliphatic heterocycles. The molecule has 0 fully saturated rings. The molecule has 1 aliphatic rings. The average molecular weight is 379 g/mol. The summed E-state index contributed by atoms with van der Waals surface area (Å²) in [5, 5.41) is 0.987. The summed E-state index contributed by atoms with van der Waals surface area (Å²) in [6.07, 6.45) is 3.17.